The Hall–Kier alpha value is -1.29. The molecule has 0 aliphatic carbocycles. The summed E-state index contributed by atoms with van der Waals surface area (Å²) >= 11 is 0. The Morgan fingerprint density at radius 1 is 1.60 bits per heavy atom. The van der Waals surface area contributed by atoms with E-state index in [1.165, 1.54) is 0 Å². The van der Waals surface area contributed by atoms with E-state index in [1.54, 1.807) is 4.90 Å². The minimum Gasteiger partial charge on any atom is -0.466 e. The van der Waals surface area contributed by atoms with Crippen LogP contribution >= 0.6 is 0 Å². The van der Waals surface area contributed by atoms with Crippen molar-refractivity contribution in [3.05, 3.63) is 23.7 Å². The van der Waals surface area contributed by atoms with Crippen molar-refractivity contribution in [2.75, 3.05) is 13.1 Å². The molecule has 82 valence electrons. The van der Waals surface area contributed by atoms with E-state index in [4.69, 9.17) is 9.52 Å². The summed E-state index contributed by atoms with van der Waals surface area (Å²) in [5.74, 6) is 1.81. The molecule has 0 spiro atoms. The van der Waals surface area contributed by atoms with Gasteiger partial charge in [-0.25, -0.2) is 0 Å². The molecule has 0 radical (unpaired) electrons. The molecule has 1 amide bonds. The van der Waals surface area contributed by atoms with E-state index in [2.05, 4.69) is 0 Å². The molecular weight excluding hydrogens is 194 g/mol. The molecule has 1 fully saturated rings. The van der Waals surface area contributed by atoms with Gasteiger partial charge in [-0.2, -0.15) is 0 Å². The van der Waals surface area contributed by atoms with Crippen molar-refractivity contribution in [2.24, 2.45) is 0 Å². The van der Waals surface area contributed by atoms with Gasteiger partial charge in [0.2, 0.25) is 5.91 Å². The second-order valence-corrected chi connectivity index (χ2v) is 3.96. The minimum atomic E-state index is -0.320. The largest absolute Gasteiger partial charge is 0.466 e. The van der Waals surface area contributed by atoms with Crippen molar-refractivity contribution in [3.63, 3.8) is 0 Å². The molecule has 0 aromatic carbocycles. The maximum absolute atomic E-state index is 11.5. The number of hydrogen-bond acceptors (Lipinski definition) is 3. The van der Waals surface area contributed by atoms with Gasteiger partial charge in [0.1, 0.15) is 11.5 Å². The standard InChI is InChI=1S/C11H15NO3/c1-8-2-3-10(15-8)4-5-11(14)12-6-9(13)7-12/h2-3,9,13H,4-7H2,1H3. The zero-order valence-corrected chi connectivity index (χ0v) is 8.77. The molecule has 1 aromatic heterocycles. The van der Waals surface area contributed by atoms with Crippen LogP contribution in [0.25, 0.3) is 0 Å². The molecule has 4 nitrogen and oxygen atoms in total. The lowest BCUT2D eigenvalue weighted by Crippen LogP contribution is -2.53. The number of hydrogen-bond donors (Lipinski definition) is 1. The van der Waals surface area contributed by atoms with Gasteiger partial charge in [0.05, 0.1) is 6.10 Å². The predicted octanol–water partition coefficient (Wildman–Crippen LogP) is 0.724. The van der Waals surface area contributed by atoms with Gasteiger partial charge in [0, 0.05) is 25.9 Å². The summed E-state index contributed by atoms with van der Waals surface area (Å²) in [7, 11) is 0. The quantitative estimate of drug-likeness (QED) is 0.798. The van der Waals surface area contributed by atoms with Gasteiger partial charge >= 0.3 is 0 Å². The van der Waals surface area contributed by atoms with Crippen LogP contribution in [0.5, 0.6) is 0 Å². The van der Waals surface area contributed by atoms with Crippen molar-refractivity contribution in [1.29, 1.82) is 0 Å². The molecule has 0 unspecified atom stereocenters. The zero-order chi connectivity index (χ0) is 10.8. The fraction of sp³-hybridized carbons (Fsp3) is 0.545. The van der Waals surface area contributed by atoms with Gasteiger partial charge in [-0.3, -0.25) is 4.79 Å². The highest BCUT2D eigenvalue weighted by Crippen LogP contribution is 2.13. The average Bonchev–Trinajstić information content (AvgIpc) is 2.56. The molecule has 15 heavy (non-hydrogen) atoms. The fourth-order valence-corrected chi connectivity index (χ4v) is 1.67. The summed E-state index contributed by atoms with van der Waals surface area (Å²) in [5.41, 5.74) is 0. The first kappa shape index (κ1) is 10.2. The van der Waals surface area contributed by atoms with E-state index in [0.717, 1.165) is 11.5 Å². The number of amides is 1. The van der Waals surface area contributed by atoms with Gasteiger partial charge in [0.15, 0.2) is 0 Å². The SMILES string of the molecule is Cc1ccc(CCC(=O)N2CC(O)C2)o1. The van der Waals surface area contributed by atoms with Crippen molar-refractivity contribution in [2.45, 2.75) is 25.9 Å². The van der Waals surface area contributed by atoms with Crippen LogP contribution in [0.3, 0.4) is 0 Å². The van der Waals surface area contributed by atoms with E-state index in [9.17, 15) is 4.79 Å². The predicted molar refractivity (Wildman–Crippen MR) is 54.4 cm³/mol. The number of rotatable bonds is 3. The Balaban J connectivity index is 1.76. The second-order valence-electron chi connectivity index (χ2n) is 3.96. The van der Waals surface area contributed by atoms with Crippen molar-refractivity contribution in [1.82, 2.24) is 4.90 Å². The third kappa shape index (κ3) is 2.39. The van der Waals surface area contributed by atoms with Crippen LogP contribution in [-0.4, -0.2) is 35.1 Å². The summed E-state index contributed by atoms with van der Waals surface area (Å²) in [6.45, 7) is 2.85. The van der Waals surface area contributed by atoms with Crippen LogP contribution < -0.4 is 0 Å². The first-order chi connectivity index (χ1) is 7.15. The smallest absolute Gasteiger partial charge is 0.223 e. The van der Waals surface area contributed by atoms with Crippen LogP contribution in [0, 0.1) is 6.92 Å². The van der Waals surface area contributed by atoms with E-state index in [0.29, 0.717) is 25.9 Å². The van der Waals surface area contributed by atoms with Gasteiger partial charge in [-0.05, 0) is 19.1 Å². The normalized spacial score (nSPS) is 16.5. The monoisotopic (exact) mass is 209 g/mol. The number of furan rings is 1. The van der Waals surface area contributed by atoms with Gasteiger partial charge < -0.3 is 14.4 Å². The number of aliphatic hydroxyl groups is 1. The van der Waals surface area contributed by atoms with E-state index < -0.39 is 0 Å². The third-order valence-corrected chi connectivity index (χ3v) is 2.60. The van der Waals surface area contributed by atoms with Crippen molar-refractivity contribution in [3.8, 4) is 0 Å². The van der Waals surface area contributed by atoms with E-state index >= 15 is 0 Å². The Morgan fingerprint density at radius 2 is 2.33 bits per heavy atom. The Bertz CT molecular complexity index is 352. The minimum absolute atomic E-state index is 0.0920. The summed E-state index contributed by atoms with van der Waals surface area (Å²) < 4.78 is 5.37. The molecule has 1 aliphatic heterocycles. The Morgan fingerprint density at radius 3 is 2.87 bits per heavy atom. The zero-order valence-electron chi connectivity index (χ0n) is 8.77. The van der Waals surface area contributed by atoms with Crippen molar-refractivity contribution < 1.29 is 14.3 Å². The van der Waals surface area contributed by atoms with Crippen LogP contribution in [0.2, 0.25) is 0 Å². The van der Waals surface area contributed by atoms with Crippen LogP contribution in [0.4, 0.5) is 0 Å². The van der Waals surface area contributed by atoms with Gasteiger partial charge in [-0.15, -0.1) is 0 Å². The topological polar surface area (TPSA) is 53.7 Å². The number of carbonyl (C=O) groups excluding carboxylic acids is 1. The molecule has 1 aromatic rings. The van der Waals surface area contributed by atoms with Crippen LogP contribution in [0.15, 0.2) is 16.5 Å². The lowest BCUT2D eigenvalue weighted by molar-refractivity contribution is -0.141. The number of nitrogens with zero attached hydrogens (tertiary/aromatic N) is 1. The number of aryl methyl sites for hydroxylation is 2. The number of β-amino-alcohol motifs (C(OH)–C–C–N with tert-alkyl or cyclic N) is 1. The lowest BCUT2D eigenvalue weighted by atomic mass is 10.1. The maximum atomic E-state index is 11.5. The summed E-state index contributed by atoms with van der Waals surface area (Å²) in [4.78, 5) is 13.2. The molecule has 0 saturated carbocycles. The van der Waals surface area contributed by atoms with Gasteiger partial charge in [-0.1, -0.05) is 0 Å². The highest BCUT2D eigenvalue weighted by Gasteiger charge is 2.28. The Labute approximate surface area is 88.5 Å². The molecule has 4 heteroatoms. The molecule has 1 saturated heterocycles. The second kappa shape index (κ2) is 4.06. The van der Waals surface area contributed by atoms with Crippen LogP contribution in [-0.2, 0) is 11.2 Å². The molecular formula is C11H15NO3. The lowest BCUT2D eigenvalue weighted by Gasteiger charge is -2.35. The first-order valence-corrected chi connectivity index (χ1v) is 5.16. The number of carbonyl (C=O) groups is 1. The first-order valence-electron chi connectivity index (χ1n) is 5.16. The van der Waals surface area contributed by atoms with Gasteiger partial charge in [0.25, 0.3) is 0 Å². The summed E-state index contributed by atoms with van der Waals surface area (Å²) in [6, 6.07) is 3.79. The molecule has 1 aliphatic rings. The molecule has 0 atom stereocenters. The molecule has 2 rings (SSSR count). The fourth-order valence-electron chi connectivity index (χ4n) is 1.67. The molecule has 1 N–H and O–H groups in total. The Kier molecular flexibility index (Phi) is 2.77. The number of likely N-dealkylation sites (tertiary alicyclic amines) is 1. The van der Waals surface area contributed by atoms with Crippen molar-refractivity contribution >= 4 is 5.91 Å². The third-order valence-electron chi connectivity index (χ3n) is 2.60. The van der Waals surface area contributed by atoms with Crippen LogP contribution in [0.1, 0.15) is 17.9 Å². The van der Waals surface area contributed by atoms with E-state index in [1.807, 2.05) is 19.1 Å². The molecule has 2 heterocycles. The summed E-state index contributed by atoms with van der Waals surface area (Å²) in [6.07, 6.45) is 0.777. The maximum Gasteiger partial charge on any atom is 0.223 e. The molecule has 0 bridgehead atoms. The highest BCUT2D eigenvalue weighted by molar-refractivity contribution is 5.77. The van der Waals surface area contributed by atoms with E-state index in [-0.39, 0.29) is 12.0 Å². The number of aliphatic hydroxyl groups excluding tert-OH is 1. The average molecular weight is 209 g/mol. The summed E-state index contributed by atoms with van der Waals surface area (Å²) in [5, 5.41) is 9.04. The highest BCUT2D eigenvalue weighted by atomic mass is 16.3.